The number of anilines is 1. The Morgan fingerprint density at radius 2 is 2.26 bits per heavy atom. The summed E-state index contributed by atoms with van der Waals surface area (Å²) in [6, 6.07) is 1.94. The molecule has 1 fully saturated rings. The summed E-state index contributed by atoms with van der Waals surface area (Å²) in [5.74, 6) is 0.755. The third-order valence-corrected chi connectivity index (χ3v) is 3.74. The van der Waals surface area contributed by atoms with Gasteiger partial charge in [0.2, 0.25) is 0 Å². The van der Waals surface area contributed by atoms with Crippen LogP contribution in [0.3, 0.4) is 0 Å². The molecule has 4 nitrogen and oxygen atoms in total. The highest BCUT2D eigenvalue weighted by Gasteiger charge is 2.23. The molecule has 0 spiro atoms. The van der Waals surface area contributed by atoms with E-state index in [1.165, 1.54) is 19.3 Å². The van der Waals surface area contributed by atoms with E-state index < -0.39 is 0 Å². The molecule has 1 saturated carbocycles. The van der Waals surface area contributed by atoms with Crippen LogP contribution in [0.1, 0.15) is 42.2 Å². The lowest BCUT2D eigenvalue weighted by Gasteiger charge is -2.30. The zero-order valence-corrected chi connectivity index (χ0v) is 12.1. The van der Waals surface area contributed by atoms with Gasteiger partial charge >= 0.3 is 0 Å². The smallest absolute Gasteiger partial charge is 0.257 e. The topological polar surface area (TPSA) is 45.2 Å². The van der Waals surface area contributed by atoms with Crippen molar-refractivity contribution in [1.29, 1.82) is 0 Å². The highest BCUT2D eigenvalue weighted by Crippen LogP contribution is 2.27. The molecule has 1 aliphatic rings. The fraction of sp³-hybridized carbons (Fsp3) is 0.600. The minimum Gasteiger partial charge on any atom is -0.385 e. The van der Waals surface area contributed by atoms with E-state index in [1.807, 2.05) is 31.9 Å². The van der Waals surface area contributed by atoms with E-state index in [0.717, 1.165) is 24.5 Å². The molecule has 0 saturated heterocycles. The molecule has 0 aromatic carbocycles. The SMILES string of the molecule is CCNc1cc(C)ncc1C(=O)N(C)CC1CCC1. The summed E-state index contributed by atoms with van der Waals surface area (Å²) in [6.45, 7) is 5.63. The molecule has 1 amide bonds. The minimum atomic E-state index is 0.0651. The normalized spacial score (nSPS) is 14.9. The van der Waals surface area contributed by atoms with E-state index >= 15 is 0 Å². The highest BCUT2D eigenvalue weighted by atomic mass is 16.2. The number of amides is 1. The van der Waals surface area contributed by atoms with E-state index in [0.29, 0.717) is 11.5 Å². The summed E-state index contributed by atoms with van der Waals surface area (Å²) < 4.78 is 0. The summed E-state index contributed by atoms with van der Waals surface area (Å²) in [4.78, 5) is 18.6. The molecular weight excluding hydrogens is 238 g/mol. The van der Waals surface area contributed by atoms with Crippen LogP contribution in [-0.2, 0) is 0 Å². The van der Waals surface area contributed by atoms with Crippen molar-refractivity contribution in [2.75, 3.05) is 25.5 Å². The van der Waals surface area contributed by atoms with Gasteiger partial charge in [-0.1, -0.05) is 6.42 Å². The van der Waals surface area contributed by atoms with Crippen molar-refractivity contribution in [2.24, 2.45) is 5.92 Å². The van der Waals surface area contributed by atoms with E-state index in [9.17, 15) is 4.79 Å². The number of nitrogens with zero attached hydrogens (tertiary/aromatic N) is 2. The maximum absolute atomic E-state index is 12.5. The first-order valence-corrected chi connectivity index (χ1v) is 7.07. The van der Waals surface area contributed by atoms with Crippen LogP contribution in [0, 0.1) is 12.8 Å². The summed E-state index contributed by atoms with van der Waals surface area (Å²) in [6.07, 6.45) is 5.50. The number of hydrogen-bond acceptors (Lipinski definition) is 3. The molecule has 1 aliphatic carbocycles. The van der Waals surface area contributed by atoms with Crippen LogP contribution in [0.15, 0.2) is 12.3 Å². The van der Waals surface area contributed by atoms with Crippen LogP contribution < -0.4 is 5.32 Å². The predicted molar refractivity (Wildman–Crippen MR) is 77.4 cm³/mol. The molecule has 0 aliphatic heterocycles. The first-order chi connectivity index (χ1) is 9.11. The molecule has 2 rings (SSSR count). The number of rotatable bonds is 5. The molecule has 1 N–H and O–H groups in total. The summed E-state index contributed by atoms with van der Waals surface area (Å²) in [5, 5.41) is 3.25. The van der Waals surface area contributed by atoms with Crippen LogP contribution in [0.5, 0.6) is 0 Å². The monoisotopic (exact) mass is 261 g/mol. The standard InChI is InChI=1S/C15H23N3O/c1-4-16-14-8-11(2)17-9-13(14)15(19)18(3)10-12-6-5-7-12/h8-9,12H,4-7,10H2,1-3H3,(H,16,17). The fourth-order valence-electron chi connectivity index (χ4n) is 2.42. The first kappa shape index (κ1) is 13.8. The largest absolute Gasteiger partial charge is 0.385 e. The molecule has 1 aromatic rings. The number of nitrogens with one attached hydrogen (secondary N) is 1. The summed E-state index contributed by atoms with van der Waals surface area (Å²) in [5.41, 5.74) is 2.49. The molecule has 0 bridgehead atoms. The Bertz CT molecular complexity index is 455. The van der Waals surface area contributed by atoms with E-state index in [1.54, 1.807) is 6.20 Å². The fourth-order valence-corrected chi connectivity index (χ4v) is 2.42. The van der Waals surface area contributed by atoms with Gasteiger partial charge in [0.15, 0.2) is 0 Å². The molecule has 1 heterocycles. The lowest BCUT2D eigenvalue weighted by atomic mass is 9.85. The number of carbonyl (C=O) groups is 1. The summed E-state index contributed by atoms with van der Waals surface area (Å²) >= 11 is 0. The zero-order chi connectivity index (χ0) is 13.8. The number of pyridine rings is 1. The molecule has 19 heavy (non-hydrogen) atoms. The number of hydrogen-bond donors (Lipinski definition) is 1. The van der Waals surface area contributed by atoms with Crippen LogP contribution in [-0.4, -0.2) is 35.9 Å². The lowest BCUT2D eigenvalue weighted by Crippen LogP contribution is -2.34. The van der Waals surface area contributed by atoms with Gasteiger partial charge in [0.1, 0.15) is 0 Å². The average molecular weight is 261 g/mol. The quantitative estimate of drug-likeness (QED) is 0.886. The van der Waals surface area contributed by atoms with Gasteiger partial charge in [-0.15, -0.1) is 0 Å². The zero-order valence-electron chi connectivity index (χ0n) is 12.1. The molecule has 0 unspecified atom stereocenters. The van der Waals surface area contributed by atoms with Gasteiger partial charge in [-0.05, 0) is 38.7 Å². The maximum Gasteiger partial charge on any atom is 0.257 e. The number of carbonyl (C=O) groups excluding carboxylic acids is 1. The Morgan fingerprint density at radius 1 is 1.53 bits per heavy atom. The molecule has 104 valence electrons. The van der Waals surface area contributed by atoms with Gasteiger partial charge in [0.25, 0.3) is 5.91 Å². The van der Waals surface area contributed by atoms with Crippen molar-refractivity contribution in [1.82, 2.24) is 9.88 Å². The Kier molecular flexibility index (Phi) is 4.40. The van der Waals surface area contributed by atoms with Crippen molar-refractivity contribution < 1.29 is 4.79 Å². The van der Waals surface area contributed by atoms with Crippen LogP contribution in [0.25, 0.3) is 0 Å². The van der Waals surface area contributed by atoms with Crippen LogP contribution >= 0.6 is 0 Å². The second-order valence-corrected chi connectivity index (χ2v) is 5.38. The molecule has 4 heteroatoms. The van der Waals surface area contributed by atoms with E-state index in [4.69, 9.17) is 0 Å². The Labute approximate surface area is 115 Å². The van der Waals surface area contributed by atoms with Gasteiger partial charge in [-0.25, -0.2) is 0 Å². The Balaban J connectivity index is 2.12. The first-order valence-electron chi connectivity index (χ1n) is 7.07. The minimum absolute atomic E-state index is 0.0651. The molecule has 0 radical (unpaired) electrons. The lowest BCUT2D eigenvalue weighted by molar-refractivity contribution is 0.0745. The van der Waals surface area contributed by atoms with E-state index in [2.05, 4.69) is 10.3 Å². The predicted octanol–water partition coefficient (Wildman–Crippen LogP) is 2.69. The van der Waals surface area contributed by atoms with Crippen LogP contribution in [0.2, 0.25) is 0 Å². The van der Waals surface area contributed by atoms with Gasteiger partial charge in [-0.3, -0.25) is 9.78 Å². The van der Waals surface area contributed by atoms with Crippen molar-refractivity contribution in [3.8, 4) is 0 Å². The maximum atomic E-state index is 12.5. The van der Waals surface area contributed by atoms with E-state index in [-0.39, 0.29) is 5.91 Å². The second kappa shape index (κ2) is 6.04. The Morgan fingerprint density at radius 3 is 2.84 bits per heavy atom. The van der Waals surface area contributed by atoms with Gasteiger partial charge in [0, 0.05) is 32.0 Å². The molecule has 0 atom stereocenters. The highest BCUT2D eigenvalue weighted by molar-refractivity contribution is 5.99. The van der Waals surface area contributed by atoms with Crippen molar-refractivity contribution in [2.45, 2.75) is 33.1 Å². The van der Waals surface area contributed by atoms with Crippen molar-refractivity contribution in [3.63, 3.8) is 0 Å². The van der Waals surface area contributed by atoms with Crippen molar-refractivity contribution >= 4 is 11.6 Å². The third kappa shape index (κ3) is 3.25. The molecular formula is C15H23N3O. The van der Waals surface area contributed by atoms with Gasteiger partial charge in [-0.2, -0.15) is 0 Å². The van der Waals surface area contributed by atoms with Crippen LogP contribution in [0.4, 0.5) is 5.69 Å². The van der Waals surface area contributed by atoms with Gasteiger partial charge in [0.05, 0.1) is 11.3 Å². The number of aryl methyl sites for hydroxylation is 1. The van der Waals surface area contributed by atoms with Gasteiger partial charge < -0.3 is 10.2 Å². The third-order valence-electron chi connectivity index (χ3n) is 3.74. The summed E-state index contributed by atoms with van der Waals surface area (Å²) in [7, 11) is 1.89. The molecule has 1 aromatic heterocycles. The van der Waals surface area contributed by atoms with Crippen molar-refractivity contribution in [3.05, 3.63) is 23.5 Å². The number of aromatic nitrogens is 1. The second-order valence-electron chi connectivity index (χ2n) is 5.38. The Hall–Kier alpha value is -1.58. The average Bonchev–Trinajstić information content (AvgIpc) is 2.33.